The molecule has 1 saturated carbocycles. The lowest BCUT2D eigenvalue weighted by Crippen LogP contribution is -2.39. The molecular formula is C17H28N4O2S. The molecule has 0 radical (unpaired) electrons. The molecule has 0 atom stereocenters. The fourth-order valence-corrected chi connectivity index (χ4v) is 3.73. The summed E-state index contributed by atoms with van der Waals surface area (Å²) >= 11 is 0. The molecule has 2 rings (SSSR count). The number of nitrogens with one attached hydrogen (secondary N) is 1. The number of nitrogens with zero attached hydrogens (tertiary/aromatic N) is 2. The third kappa shape index (κ3) is 5.21. The van der Waals surface area contributed by atoms with Crippen LogP contribution in [0.2, 0.25) is 0 Å². The number of hydrogen-bond acceptors (Lipinski definition) is 3. The highest BCUT2D eigenvalue weighted by atomic mass is 32.2. The van der Waals surface area contributed by atoms with Crippen molar-refractivity contribution in [1.82, 2.24) is 9.62 Å². The Bertz CT molecular complexity index is 646. The van der Waals surface area contributed by atoms with Crippen molar-refractivity contribution in [2.45, 2.75) is 56.0 Å². The lowest BCUT2D eigenvalue weighted by Gasteiger charge is -2.16. The summed E-state index contributed by atoms with van der Waals surface area (Å²) in [6.45, 7) is 0.438. The number of sulfonamides is 1. The summed E-state index contributed by atoms with van der Waals surface area (Å²) in [6.07, 6.45) is 7.38. The van der Waals surface area contributed by atoms with Gasteiger partial charge in [-0.25, -0.2) is 17.7 Å². The van der Waals surface area contributed by atoms with Gasteiger partial charge in [-0.3, -0.25) is 0 Å². The first-order valence-electron chi connectivity index (χ1n) is 8.47. The van der Waals surface area contributed by atoms with Crippen molar-refractivity contribution >= 4 is 16.0 Å². The third-order valence-electron chi connectivity index (χ3n) is 4.34. The normalized spacial score (nSPS) is 17.7. The summed E-state index contributed by atoms with van der Waals surface area (Å²) in [7, 11) is -0.345. The Morgan fingerprint density at radius 3 is 2.29 bits per heavy atom. The second kappa shape index (κ2) is 8.48. The monoisotopic (exact) mass is 352 g/mol. The summed E-state index contributed by atoms with van der Waals surface area (Å²) in [6, 6.07) is 7.19. The summed E-state index contributed by atoms with van der Waals surface area (Å²) in [4.78, 5) is 4.65. The van der Waals surface area contributed by atoms with E-state index >= 15 is 0 Å². The maximum atomic E-state index is 12.0. The lowest BCUT2D eigenvalue weighted by atomic mass is 10.1. The number of nitrogens with two attached hydrogens (primary N) is 1. The van der Waals surface area contributed by atoms with E-state index in [9.17, 15) is 8.42 Å². The molecule has 6 nitrogen and oxygen atoms in total. The molecule has 134 valence electrons. The van der Waals surface area contributed by atoms with Crippen LogP contribution in [0, 0.1) is 0 Å². The Kier molecular flexibility index (Phi) is 6.62. The van der Waals surface area contributed by atoms with Crippen LogP contribution in [-0.2, 0) is 16.6 Å². The summed E-state index contributed by atoms with van der Waals surface area (Å²) in [5.74, 6) is 0.465. The minimum Gasteiger partial charge on any atom is -0.370 e. The molecule has 24 heavy (non-hydrogen) atoms. The SMILES string of the molecule is CN(C)S(=O)(=O)c1ccc(CN=C(N)NC2CCCCCC2)cc1. The van der Waals surface area contributed by atoms with E-state index in [4.69, 9.17) is 5.73 Å². The summed E-state index contributed by atoms with van der Waals surface area (Å²) in [5, 5.41) is 3.30. The lowest BCUT2D eigenvalue weighted by molar-refractivity contribution is 0.520. The molecule has 3 N–H and O–H groups in total. The molecule has 0 amide bonds. The van der Waals surface area contributed by atoms with Gasteiger partial charge in [0, 0.05) is 20.1 Å². The van der Waals surface area contributed by atoms with Crippen LogP contribution in [0.3, 0.4) is 0 Å². The van der Waals surface area contributed by atoms with Crippen LogP contribution in [-0.4, -0.2) is 38.8 Å². The highest BCUT2D eigenvalue weighted by molar-refractivity contribution is 7.89. The second-order valence-electron chi connectivity index (χ2n) is 6.47. The molecular weight excluding hydrogens is 324 g/mol. The van der Waals surface area contributed by atoms with Gasteiger partial charge < -0.3 is 11.1 Å². The molecule has 1 fully saturated rings. The van der Waals surface area contributed by atoms with Gasteiger partial charge in [0.1, 0.15) is 0 Å². The van der Waals surface area contributed by atoms with Crippen molar-refractivity contribution < 1.29 is 8.42 Å². The van der Waals surface area contributed by atoms with Gasteiger partial charge in [-0.1, -0.05) is 37.8 Å². The van der Waals surface area contributed by atoms with Crippen molar-refractivity contribution in [2.24, 2.45) is 10.7 Å². The first-order valence-corrected chi connectivity index (χ1v) is 9.91. The van der Waals surface area contributed by atoms with Gasteiger partial charge in [-0.05, 0) is 30.5 Å². The quantitative estimate of drug-likeness (QED) is 0.482. The molecule has 0 heterocycles. The van der Waals surface area contributed by atoms with Crippen molar-refractivity contribution in [3.8, 4) is 0 Å². The van der Waals surface area contributed by atoms with E-state index in [1.54, 1.807) is 24.3 Å². The molecule has 1 aliphatic carbocycles. The second-order valence-corrected chi connectivity index (χ2v) is 8.62. The van der Waals surface area contributed by atoms with E-state index in [0.717, 1.165) is 18.4 Å². The van der Waals surface area contributed by atoms with Gasteiger partial charge in [0.25, 0.3) is 0 Å². The van der Waals surface area contributed by atoms with Crippen LogP contribution < -0.4 is 11.1 Å². The Morgan fingerprint density at radius 1 is 1.17 bits per heavy atom. The van der Waals surface area contributed by atoms with E-state index in [1.807, 2.05) is 0 Å². The minimum absolute atomic E-state index is 0.282. The Hall–Kier alpha value is -1.60. The molecule has 0 spiro atoms. The highest BCUT2D eigenvalue weighted by Crippen LogP contribution is 2.17. The molecule has 0 aromatic heterocycles. The van der Waals surface area contributed by atoms with Crippen LogP contribution in [0.25, 0.3) is 0 Å². The first kappa shape index (κ1) is 18.7. The smallest absolute Gasteiger partial charge is 0.242 e. The zero-order valence-corrected chi connectivity index (χ0v) is 15.3. The molecule has 7 heteroatoms. The standard InChI is InChI=1S/C17H28N4O2S/c1-21(2)24(22,23)16-11-9-14(10-12-16)13-19-17(18)20-15-7-5-3-4-6-8-15/h9-12,15H,3-8,13H2,1-2H3,(H3,18,19,20). The van der Waals surface area contributed by atoms with Crippen LogP contribution in [0.1, 0.15) is 44.1 Å². The van der Waals surface area contributed by atoms with Crippen molar-refractivity contribution in [3.05, 3.63) is 29.8 Å². The van der Waals surface area contributed by atoms with Gasteiger partial charge >= 0.3 is 0 Å². The molecule has 1 aromatic rings. The minimum atomic E-state index is -3.39. The van der Waals surface area contributed by atoms with Gasteiger partial charge in [0.05, 0.1) is 11.4 Å². The molecule has 0 unspecified atom stereocenters. The van der Waals surface area contributed by atoms with Crippen LogP contribution in [0.5, 0.6) is 0 Å². The van der Waals surface area contributed by atoms with Crippen LogP contribution in [0.15, 0.2) is 34.2 Å². The van der Waals surface area contributed by atoms with Gasteiger partial charge in [0.2, 0.25) is 10.0 Å². The molecule has 1 aromatic carbocycles. The third-order valence-corrected chi connectivity index (χ3v) is 6.17. The average molecular weight is 353 g/mol. The van der Waals surface area contributed by atoms with Gasteiger partial charge in [0.15, 0.2) is 5.96 Å². The molecule has 1 aliphatic rings. The van der Waals surface area contributed by atoms with E-state index in [1.165, 1.54) is 44.1 Å². The molecule has 0 bridgehead atoms. The van der Waals surface area contributed by atoms with Crippen LogP contribution >= 0.6 is 0 Å². The zero-order valence-electron chi connectivity index (χ0n) is 14.5. The average Bonchev–Trinajstić information content (AvgIpc) is 2.82. The topological polar surface area (TPSA) is 87.8 Å². The number of guanidine groups is 1. The highest BCUT2D eigenvalue weighted by Gasteiger charge is 2.16. The summed E-state index contributed by atoms with van der Waals surface area (Å²) < 4.78 is 25.3. The van der Waals surface area contributed by atoms with E-state index < -0.39 is 10.0 Å². The molecule has 0 saturated heterocycles. The van der Waals surface area contributed by atoms with E-state index in [0.29, 0.717) is 18.5 Å². The van der Waals surface area contributed by atoms with Crippen molar-refractivity contribution in [2.75, 3.05) is 14.1 Å². The van der Waals surface area contributed by atoms with Gasteiger partial charge in [-0.15, -0.1) is 0 Å². The number of rotatable bonds is 5. The summed E-state index contributed by atoms with van der Waals surface area (Å²) in [5.41, 5.74) is 6.91. The fourth-order valence-electron chi connectivity index (χ4n) is 2.83. The fraction of sp³-hybridized carbons (Fsp3) is 0.588. The van der Waals surface area contributed by atoms with Gasteiger partial charge in [-0.2, -0.15) is 0 Å². The molecule has 0 aliphatic heterocycles. The predicted octanol–water partition coefficient (Wildman–Crippen LogP) is 2.06. The Morgan fingerprint density at radius 2 is 1.75 bits per heavy atom. The first-order chi connectivity index (χ1) is 11.4. The Labute approximate surface area is 145 Å². The zero-order chi connectivity index (χ0) is 17.6. The van der Waals surface area contributed by atoms with E-state index in [-0.39, 0.29) is 4.90 Å². The number of aliphatic imine (C=N–C) groups is 1. The maximum absolute atomic E-state index is 12.0. The van der Waals surface area contributed by atoms with Crippen LogP contribution in [0.4, 0.5) is 0 Å². The number of benzene rings is 1. The maximum Gasteiger partial charge on any atom is 0.242 e. The van der Waals surface area contributed by atoms with Crippen molar-refractivity contribution in [1.29, 1.82) is 0 Å². The van der Waals surface area contributed by atoms with Crippen molar-refractivity contribution in [3.63, 3.8) is 0 Å². The predicted molar refractivity (Wildman–Crippen MR) is 97.3 cm³/mol. The van der Waals surface area contributed by atoms with E-state index in [2.05, 4.69) is 10.3 Å². The number of hydrogen-bond donors (Lipinski definition) is 2. The Balaban J connectivity index is 1.93. The largest absolute Gasteiger partial charge is 0.370 e.